The van der Waals surface area contributed by atoms with E-state index >= 15 is 0 Å². The van der Waals surface area contributed by atoms with Crippen molar-refractivity contribution in [1.82, 2.24) is 0 Å². The van der Waals surface area contributed by atoms with E-state index in [2.05, 4.69) is 0 Å². The maximum absolute atomic E-state index is 14.5. The van der Waals surface area contributed by atoms with E-state index in [0.29, 0.717) is 22.6 Å². The lowest BCUT2D eigenvalue weighted by molar-refractivity contribution is -0.461. The number of alkyl halides is 18. The summed E-state index contributed by atoms with van der Waals surface area (Å²) in [5.74, 6) is -55.7. The molecule has 0 unspecified atom stereocenters. The van der Waals surface area contributed by atoms with Gasteiger partial charge in [0, 0.05) is 6.42 Å². The summed E-state index contributed by atoms with van der Waals surface area (Å²) in [5, 5.41) is 0. The van der Waals surface area contributed by atoms with Crippen molar-refractivity contribution >= 4 is 11.6 Å². The highest BCUT2D eigenvalue weighted by atomic mass is 35.5. The van der Waals surface area contributed by atoms with Gasteiger partial charge in [-0.2, -0.15) is 74.6 Å². The molecule has 20 heteroatoms. The van der Waals surface area contributed by atoms with Crippen molar-refractivity contribution < 1.29 is 84.1 Å². The van der Waals surface area contributed by atoms with E-state index in [0.717, 1.165) is 12.1 Å². The van der Waals surface area contributed by atoms with Crippen LogP contribution in [0.25, 0.3) is 0 Å². The molecule has 284 valence electrons. The second-order valence-electron chi connectivity index (χ2n) is 11.0. The molecule has 0 aliphatic carbocycles. The Kier molecular flexibility index (Phi) is 11.0. The summed E-state index contributed by atoms with van der Waals surface area (Å²) < 4.78 is 241. The van der Waals surface area contributed by atoms with Crippen LogP contribution in [-0.4, -0.2) is 61.9 Å². The Balaban J connectivity index is 1.95. The van der Waals surface area contributed by atoms with Gasteiger partial charge in [-0.15, -0.1) is 11.6 Å². The van der Waals surface area contributed by atoms with Gasteiger partial charge in [-0.3, -0.25) is 0 Å². The maximum atomic E-state index is 14.5. The van der Waals surface area contributed by atoms with Gasteiger partial charge in [-0.05, 0) is 52.9 Å². The third-order valence-corrected chi connectivity index (χ3v) is 8.50. The fourth-order valence-electron chi connectivity index (χ4n) is 4.70. The standard InChI is InChI=1S/C31H22ClF17O2/c1-50-21-11-7-19(8-12-21)24(32,20-9-13-22(51-2)14-10-20)18-5-3-17(4-6-18)15-16-23(33,34)25(35,36)26(37,38)27(39,40)28(41,42)29(43,44)30(45,46)31(47,48)49/h3-14H,15-16H2,1-2H3. The molecule has 0 saturated heterocycles. The number of rotatable bonds is 14. The highest BCUT2D eigenvalue weighted by molar-refractivity contribution is 6.28. The van der Waals surface area contributed by atoms with Gasteiger partial charge in [0.1, 0.15) is 16.4 Å². The molecule has 0 bridgehead atoms. The molecule has 3 aromatic carbocycles. The summed E-state index contributed by atoms with van der Waals surface area (Å²) in [5.41, 5.74) is 0.569. The predicted molar refractivity (Wildman–Crippen MR) is 147 cm³/mol. The number of aryl methyl sites for hydroxylation is 1. The molecule has 0 spiro atoms. The monoisotopic (exact) mass is 784 g/mol. The zero-order valence-electron chi connectivity index (χ0n) is 25.5. The minimum absolute atomic E-state index is 0.185. The van der Waals surface area contributed by atoms with Crippen LogP contribution in [0.4, 0.5) is 74.6 Å². The summed E-state index contributed by atoms with van der Waals surface area (Å²) in [6.07, 6.45) is -11.8. The Labute approximate surface area is 282 Å². The van der Waals surface area contributed by atoms with Crippen LogP contribution in [0, 0.1) is 0 Å². The minimum atomic E-state index is -8.67. The fraction of sp³-hybridized carbons (Fsp3) is 0.419. The van der Waals surface area contributed by atoms with E-state index < -0.39 is 70.9 Å². The first-order valence-corrected chi connectivity index (χ1v) is 14.2. The quantitative estimate of drug-likeness (QED) is 0.0921. The molecule has 0 aliphatic rings. The van der Waals surface area contributed by atoms with Crippen molar-refractivity contribution in [3.63, 3.8) is 0 Å². The van der Waals surface area contributed by atoms with Crippen LogP contribution in [0.3, 0.4) is 0 Å². The van der Waals surface area contributed by atoms with Crippen LogP contribution in [0.15, 0.2) is 72.8 Å². The Morgan fingerprint density at radius 3 is 1.04 bits per heavy atom. The smallest absolute Gasteiger partial charge is 0.460 e. The van der Waals surface area contributed by atoms with Crippen molar-refractivity contribution in [2.45, 2.75) is 65.3 Å². The third-order valence-electron chi connectivity index (χ3n) is 7.84. The highest BCUT2D eigenvalue weighted by Gasteiger charge is 2.95. The third kappa shape index (κ3) is 6.62. The van der Waals surface area contributed by atoms with E-state index in [1.807, 2.05) is 0 Å². The number of ether oxygens (including phenoxy) is 2. The molecule has 3 rings (SSSR count). The lowest BCUT2D eigenvalue weighted by Gasteiger charge is -2.42. The first-order valence-electron chi connectivity index (χ1n) is 13.8. The van der Waals surface area contributed by atoms with E-state index in [9.17, 15) is 74.6 Å². The molecule has 3 aromatic rings. The fourth-order valence-corrected chi connectivity index (χ4v) is 5.08. The van der Waals surface area contributed by atoms with Crippen LogP contribution in [0.2, 0.25) is 0 Å². The number of hydrogen-bond donors (Lipinski definition) is 0. The second kappa shape index (κ2) is 13.4. The highest BCUT2D eigenvalue weighted by Crippen LogP contribution is 2.64. The van der Waals surface area contributed by atoms with Gasteiger partial charge in [0.15, 0.2) is 0 Å². The molecule has 0 saturated carbocycles. The Morgan fingerprint density at radius 1 is 0.431 bits per heavy atom. The summed E-state index contributed by atoms with van der Waals surface area (Å²) in [6, 6.07) is 16.6. The molecule has 0 atom stereocenters. The van der Waals surface area contributed by atoms with Gasteiger partial charge in [-0.25, -0.2) is 0 Å². The van der Waals surface area contributed by atoms with Crippen molar-refractivity contribution in [2.24, 2.45) is 0 Å². The molecular weight excluding hydrogens is 763 g/mol. The van der Waals surface area contributed by atoms with Gasteiger partial charge in [-0.1, -0.05) is 48.5 Å². The second-order valence-corrected chi connectivity index (χ2v) is 11.5. The van der Waals surface area contributed by atoms with Gasteiger partial charge >= 0.3 is 47.6 Å². The van der Waals surface area contributed by atoms with Gasteiger partial charge in [0.2, 0.25) is 0 Å². The zero-order valence-corrected chi connectivity index (χ0v) is 26.2. The molecule has 2 nitrogen and oxygen atoms in total. The first kappa shape index (κ1) is 41.8. The molecule has 0 aliphatic heterocycles. The van der Waals surface area contributed by atoms with Crippen LogP contribution in [0.5, 0.6) is 11.5 Å². The van der Waals surface area contributed by atoms with Crippen molar-refractivity contribution in [2.75, 3.05) is 14.2 Å². The summed E-state index contributed by atoms with van der Waals surface area (Å²) in [7, 11) is 2.76. The number of benzene rings is 3. The molecule has 0 radical (unpaired) electrons. The minimum Gasteiger partial charge on any atom is -0.497 e. The molecule has 0 fully saturated rings. The molecule has 0 amide bonds. The molecule has 51 heavy (non-hydrogen) atoms. The molecule has 0 heterocycles. The normalized spacial score (nSPS) is 14.4. The SMILES string of the molecule is COc1ccc(C(Cl)(c2ccc(CCC(F)(F)C(F)(F)C(F)(F)C(F)(F)C(F)(F)C(F)(F)C(F)(F)C(F)(F)F)cc2)c2ccc(OC)cc2)cc1. The average molecular weight is 785 g/mol. The summed E-state index contributed by atoms with van der Waals surface area (Å²) in [6.45, 7) is 0. The molecule has 0 aromatic heterocycles. The lowest BCUT2D eigenvalue weighted by atomic mass is 9.83. The van der Waals surface area contributed by atoms with E-state index in [4.69, 9.17) is 21.1 Å². The first-order chi connectivity index (χ1) is 23.0. The molecule has 0 N–H and O–H groups in total. The Morgan fingerprint density at radius 2 is 0.725 bits per heavy atom. The number of hydrogen-bond acceptors (Lipinski definition) is 2. The van der Waals surface area contributed by atoms with Gasteiger partial charge < -0.3 is 9.47 Å². The average Bonchev–Trinajstić information content (AvgIpc) is 3.06. The predicted octanol–water partition coefficient (Wildman–Crippen LogP) is 11.2. The van der Waals surface area contributed by atoms with Crippen molar-refractivity contribution in [3.8, 4) is 11.5 Å². The van der Waals surface area contributed by atoms with Gasteiger partial charge in [0.25, 0.3) is 0 Å². The number of halogens is 18. The van der Waals surface area contributed by atoms with E-state index in [-0.39, 0.29) is 5.56 Å². The largest absolute Gasteiger partial charge is 0.497 e. The zero-order chi connectivity index (χ0) is 39.3. The number of methoxy groups -OCH3 is 2. The van der Waals surface area contributed by atoms with E-state index in [1.54, 1.807) is 24.3 Å². The van der Waals surface area contributed by atoms with Gasteiger partial charge in [0.05, 0.1) is 14.2 Å². The van der Waals surface area contributed by atoms with Crippen LogP contribution >= 0.6 is 11.6 Å². The van der Waals surface area contributed by atoms with Crippen LogP contribution in [0.1, 0.15) is 28.7 Å². The summed E-state index contributed by atoms with van der Waals surface area (Å²) in [4.78, 5) is -1.57. The van der Waals surface area contributed by atoms with Crippen molar-refractivity contribution in [3.05, 3.63) is 95.1 Å². The topological polar surface area (TPSA) is 18.5 Å². The molecular formula is C31H22ClF17O2. The van der Waals surface area contributed by atoms with Crippen molar-refractivity contribution in [1.29, 1.82) is 0 Å². The van der Waals surface area contributed by atoms with E-state index in [1.165, 1.54) is 50.6 Å². The van der Waals surface area contributed by atoms with Crippen LogP contribution in [-0.2, 0) is 11.3 Å². The Hall–Kier alpha value is -3.64. The van der Waals surface area contributed by atoms with Crippen LogP contribution < -0.4 is 9.47 Å². The lowest BCUT2D eigenvalue weighted by Crippen LogP contribution is -2.74. The Bertz CT molecular complexity index is 1590. The maximum Gasteiger partial charge on any atom is 0.460 e. The summed E-state index contributed by atoms with van der Waals surface area (Å²) >= 11 is 7.10.